The van der Waals surface area contributed by atoms with E-state index in [0.717, 1.165) is 3.57 Å². The third-order valence-corrected chi connectivity index (χ3v) is 4.63. The van der Waals surface area contributed by atoms with Gasteiger partial charge in [-0.1, -0.05) is 24.3 Å². The normalized spacial score (nSPS) is 12.0. The Morgan fingerprint density at radius 2 is 2.04 bits per heavy atom. The van der Waals surface area contributed by atoms with E-state index in [1.807, 2.05) is 29.8 Å². The van der Waals surface area contributed by atoms with Gasteiger partial charge in [-0.2, -0.15) is 0 Å². The second-order valence-corrected chi connectivity index (χ2v) is 6.50. The number of amides is 1. The van der Waals surface area contributed by atoms with Gasteiger partial charge in [-0.25, -0.2) is 9.37 Å². The Labute approximate surface area is 152 Å². The zero-order valence-electron chi connectivity index (χ0n) is 12.9. The Morgan fingerprint density at radius 3 is 2.71 bits per heavy atom. The minimum absolute atomic E-state index is 0.225. The van der Waals surface area contributed by atoms with Gasteiger partial charge in [-0.3, -0.25) is 4.79 Å². The summed E-state index contributed by atoms with van der Waals surface area (Å²) in [5.74, 6) is 0.0624. The number of aromatic nitrogens is 2. The third kappa shape index (κ3) is 3.48. The summed E-state index contributed by atoms with van der Waals surface area (Å²) in [6.45, 7) is 0. The van der Waals surface area contributed by atoms with Crippen LogP contribution in [0.4, 0.5) is 4.39 Å². The number of hydrogen-bond acceptors (Lipinski definition) is 2. The molecule has 0 fully saturated rings. The van der Waals surface area contributed by atoms with Crippen LogP contribution < -0.4 is 5.32 Å². The molecule has 122 valence electrons. The summed E-state index contributed by atoms with van der Waals surface area (Å²) in [6.07, 6.45) is 3.44. The van der Waals surface area contributed by atoms with Crippen molar-refractivity contribution in [3.63, 3.8) is 0 Å². The van der Waals surface area contributed by atoms with Crippen LogP contribution in [0.1, 0.15) is 27.8 Å². The molecule has 0 saturated heterocycles. The highest BCUT2D eigenvalue weighted by atomic mass is 127. The third-order valence-electron chi connectivity index (χ3n) is 3.69. The van der Waals surface area contributed by atoms with Gasteiger partial charge in [0, 0.05) is 23.0 Å². The van der Waals surface area contributed by atoms with Crippen molar-refractivity contribution in [3.05, 3.63) is 87.3 Å². The van der Waals surface area contributed by atoms with E-state index in [4.69, 9.17) is 0 Å². The number of halogens is 2. The molecule has 0 aliphatic rings. The van der Waals surface area contributed by atoms with Crippen LogP contribution >= 0.6 is 22.6 Å². The highest BCUT2D eigenvalue weighted by Gasteiger charge is 2.22. The highest BCUT2D eigenvalue weighted by Crippen LogP contribution is 2.22. The van der Waals surface area contributed by atoms with Crippen molar-refractivity contribution < 1.29 is 9.18 Å². The van der Waals surface area contributed by atoms with Crippen molar-refractivity contribution in [2.24, 2.45) is 7.05 Å². The SMILES string of the molecule is Cn1ccnc1C(NC(=O)c1ccccc1I)c1cccc(F)c1. The van der Waals surface area contributed by atoms with Crippen molar-refractivity contribution in [1.82, 2.24) is 14.9 Å². The number of aryl methyl sites for hydroxylation is 1. The average Bonchev–Trinajstić information content (AvgIpc) is 2.98. The summed E-state index contributed by atoms with van der Waals surface area (Å²) in [6, 6.07) is 13.0. The number of carbonyl (C=O) groups is 1. The number of rotatable bonds is 4. The monoisotopic (exact) mass is 435 g/mol. The first-order valence-corrected chi connectivity index (χ1v) is 8.42. The molecule has 0 aliphatic heterocycles. The Kier molecular flexibility index (Phi) is 4.94. The number of nitrogens with zero attached hydrogens (tertiary/aromatic N) is 2. The molecule has 0 radical (unpaired) electrons. The largest absolute Gasteiger partial charge is 0.338 e. The summed E-state index contributed by atoms with van der Waals surface area (Å²) in [4.78, 5) is 17.0. The maximum atomic E-state index is 13.7. The van der Waals surface area contributed by atoms with E-state index in [1.54, 1.807) is 30.6 Å². The molecule has 1 atom stereocenters. The summed E-state index contributed by atoms with van der Waals surface area (Å²) < 4.78 is 16.3. The van der Waals surface area contributed by atoms with Crippen LogP contribution in [0.5, 0.6) is 0 Å². The predicted octanol–water partition coefficient (Wildman–Crippen LogP) is 3.68. The van der Waals surface area contributed by atoms with Crippen LogP contribution in [0.2, 0.25) is 0 Å². The molecule has 1 unspecified atom stereocenters. The van der Waals surface area contributed by atoms with Crippen molar-refractivity contribution in [1.29, 1.82) is 0 Å². The fourth-order valence-corrected chi connectivity index (χ4v) is 3.12. The second kappa shape index (κ2) is 7.12. The Hall–Kier alpha value is -2.22. The van der Waals surface area contributed by atoms with Gasteiger partial charge >= 0.3 is 0 Å². The number of hydrogen-bond donors (Lipinski definition) is 1. The van der Waals surface area contributed by atoms with E-state index < -0.39 is 6.04 Å². The summed E-state index contributed by atoms with van der Waals surface area (Å²) in [7, 11) is 1.84. The number of benzene rings is 2. The molecule has 24 heavy (non-hydrogen) atoms. The Balaban J connectivity index is 1.98. The first-order chi connectivity index (χ1) is 11.6. The van der Waals surface area contributed by atoms with Crippen molar-refractivity contribution in [2.75, 3.05) is 0 Å². The fourth-order valence-electron chi connectivity index (χ4n) is 2.49. The number of carbonyl (C=O) groups excluding carboxylic acids is 1. The molecule has 3 rings (SSSR count). The molecule has 0 saturated carbocycles. The molecule has 0 spiro atoms. The lowest BCUT2D eigenvalue weighted by atomic mass is 10.0. The van der Waals surface area contributed by atoms with Crippen LogP contribution in [-0.2, 0) is 7.05 Å². The average molecular weight is 435 g/mol. The van der Waals surface area contributed by atoms with Gasteiger partial charge in [-0.15, -0.1) is 0 Å². The zero-order valence-corrected chi connectivity index (χ0v) is 15.1. The first kappa shape index (κ1) is 16.6. The minimum Gasteiger partial charge on any atom is -0.338 e. The summed E-state index contributed by atoms with van der Waals surface area (Å²) in [5, 5.41) is 2.97. The highest BCUT2D eigenvalue weighted by molar-refractivity contribution is 14.1. The van der Waals surface area contributed by atoms with E-state index in [0.29, 0.717) is 17.0 Å². The van der Waals surface area contributed by atoms with Crippen LogP contribution in [-0.4, -0.2) is 15.5 Å². The lowest BCUT2D eigenvalue weighted by Gasteiger charge is -2.19. The van der Waals surface area contributed by atoms with E-state index in [1.165, 1.54) is 12.1 Å². The van der Waals surface area contributed by atoms with Crippen molar-refractivity contribution >= 4 is 28.5 Å². The maximum absolute atomic E-state index is 13.7. The lowest BCUT2D eigenvalue weighted by Crippen LogP contribution is -2.31. The molecule has 0 bridgehead atoms. The predicted molar refractivity (Wildman–Crippen MR) is 98.1 cm³/mol. The molecule has 1 aromatic heterocycles. The molecule has 2 aromatic carbocycles. The van der Waals surface area contributed by atoms with E-state index in [-0.39, 0.29) is 11.7 Å². The second-order valence-electron chi connectivity index (χ2n) is 5.34. The smallest absolute Gasteiger partial charge is 0.253 e. The fraction of sp³-hybridized carbons (Fsp3) is 0.111. The van der Waals surface area contributed by atoms with E-state index in [2.05, 4.69) is 32.9 Å². The molecule has 6 heteroatoms. The Bertz CT molecular complexity index is 878. The van der Waals surface area contributed by atoms with Crippen LogP contribution in [0.3, 0.4) is 0 Å². The van der Waals surface area contributed by atoms with Gasteiger partial charge in [0.1, 0.15) is 17.7 Å². The number of imidazole rings is 1. The Morgan fingerprint density at radius 1 is 1.25 bits per heavy atom. The van der Waals surface area contributed by atoms with Crippen molar-refractivity contribution in [3.8, 4) is 0 Å². The molecule has 1 N–H and O–H groups in total. The van der Waals surface area contributed by atoms with Crippen LogP contribution in [0, 0.1) is 9.39 Å². The topological polar surface area (TPSA) is 46.9 Å². The van der Waals surface area contributed by atoms with Gasteiger partial charge in [0.2, 0.25) is 0 Å². The van der Waals surface area contributed by atoms with E-state index >= 15 is 0 Å². The van der Waals surface area contributed by atoms with Gasteiger partial charge in [0.05, 0.1) is 5.56 Å². The molecular formula is C18H15FIN3O. The van der Waals surface area contributed by atoms with Gasteiger partial charge < -0.3 is 9.88 Å². The van der Waals surface area contributed by atoms with Gasteiger partial charge in [0.15, 0.2) is 0 Å². The lowest BCUT2D eigenvalue weighted by molar-refractivity contribution is 0.0940. The molecular weight excluding hydrogens is 420 g/mol. The summed E-state index contributed by atoms with van der Waals surface area (Å²) in [5.41, 5.74) is 1.22. The van der Waals surface area contributed by atoms with Crippen molar-refractivity contribution in [2.45, 2.75) is 6.04 Å². The zero-order chi connectivity index (χ0) is 17.1. The molecule has 1 heterocycles. The minimum atomic E-state index is -0.538. The quantitative estimate of drug-likeness (QED) is 0.636. The molecule has 3 aromatic rings. The summed E-state index contributed by atoms with van der Waals surface area (Å²) >= 11 is 2.12. The number of nitrogens with one attached hydrogen (secondary N) is 1. The van der Waals surface area contributed by atoms with Crippen LogP contribution in [0.15, 0.2) is 60.9 Å². The van der Waals surface area contributed by atoms with Crippen LogP contribution in [0.25, 0.3) is 0 Å². The molecule has 4 nitrogen and oxygen atoms in total. The van der Waals surface area contributed by atoms with Gasteiger partial charge in [-0.05, 0) is 52.4 Å². The maximum Gasteiger partial charge on any atom is 0.253 e. The first-order valence-electron chi connectivity index (χ1n) is 7.34. The standard InChI is InChI=1S/C18H15FIN3O/c1-23-10-9-21-17(23)16(12-5-4-6-13(19)11-12)22-18(24)14-7-2-3-8-15(14)20/h2-11,16H,1H3,(H,22,24). The van der Waals surface area contributed by atoms with Gasteiger partial charge in [0.25, 0.3) is 5.91 Å². The molecule has 0 aliphatic carbocycles. The molecule has 1 amide bonds. The van der Waals surface area contributed by atoms with E-state index in [9.17, 15) is 9.18 Å².